The number of aliphatic hydroxyl groups excluding tert-OH is 1. The maximum absolute atomic E-state index is 9.23. The van der Waals surface area contributed by atoms with E-state index in [0.29, 0.717) is 0 Å². The monoisotopic (exact) mass is 224 g/mol. The number of imidazole rings is 1. The number of nitrogens with zero attached hydrogens (tertiary/aromatic N) is 3. The number of nitrogens with one attached hydrogen (secondary N) is 1. The van der Waals surface area contributed by atoms with E-state index in [2.05, 4.69) is 26.7 Å². The lowest BCUT2D eigenvalue weighted by molar-refractivity contribution is 0.157. The molecule has 1 aromatic rings. The van der Waals surface area contributed by atoms with Gasteiger partial charge in [0.15, 0.2) is 0 Å². The molecule has 0 amide bonds. The molecule has 2 heterocycles. The molecule has 2 rings (SSSR count). The number of aromatic nitrogens is 2. The van der Waals surface area contributed by atoms with Crippen molar-refractivity contribution in [3.05, 3.63) is 18.2 Å². The Kier molecular flexibility index (Phi) is 3.93. The van der Waals surface area contributed by atoms with Crippen LogP contribution in [0.25, 0.3) is 0 Å². The van der Waals surface area contributed by atoms with Crippen LogP contribution in [0.3, 0.4) is 0 Å². The fourth-order valence-corrected chi connectivity index (χ4v) is 2.17. The quantitative estimate of drug-likeness (QED) is 0.719. The molecule has 16 heavy (non-hydrogen) atoms. The highest BCUT2D eigenvalue weighted by Gasteiger charge is 2.19. The summed E-state index contributed by atoms with van der Waals surface area (Å²) >= 11 is 0. The van der Waals surface area contributed by atoms with Crippen molar-refractivity contribution in [1.29, 1.82) is 0 Å². The number of fused-ring (bicyclic) bond motifs is 1. The van der Waals surface area contributed by atoms with Gasteiger partial charge in [0.05, 0.1) is 13.2 Å². The van der Waals surface area contributed by atoms with E-state index in [9.17, 15) is 5.11 Å². The maximum atomic E-state index is 9.23. The van der Waals surface area contributed by atoms with Crippen LogP contribution >= 0.6 is 0 Å². The second kappa shape index (κ2) is 5.43. The average Bonchev–Trinajstić information content (AvgIpc) is 2.75. The van der Waals surface area contributed by atoms with Crippen molar-refractivity contribution in [2.24, 2.45) is 0 Å². The van der Waals surface area contributed by atoms with Crippen molar-refractivity contribution in [1.82, 2.24) is 19.8 Å². The zero-order valence-electron chi connectivity index (χ0n) is 9.76. The average molecular weight is 224 g/mol. The highest BCUT2D eigenvalue weighted by Crippen LogP contribution is 2.10. The fourth-order valence-electron chi connectivity index (χ4n) is 2.17. The lowest BCUT2D eigenvalue weighted by Crippen LogP contribution is -2.45. The van der Waals surface area contributed by atoms with E-state index in [4.69, 9.17) is 0 Å². The summed E-state index contributed by atoms with van der Waals surface area (Å²) in [6.07, 6.45) is 3.88. The largest absolute Gasteiger partial charge is 0.395 e. The fraction of sp³-hybridized carbons (Fsp3) is 0.727. The van der Waals surface area contributed by atoms with E-state index in [1.54, 1.807) is 0 Å². The van der Waals surface area contributed by atoms with Crippen molar-refractivity contribution in [2.75, 3.05) is 26.2 Å². The van der Waals surface area contributed by atoms with Gasteiger partial charge in [0.1, 0.15) is 5.82 Å². The Balaban J connectivity index is 1.88. The van der Waals surface area contributed by atoms with E-state index in [1.807, 2.05) is 12.4 Å². The van der Waals surface area contributed by atoms with E-state index in [1.165, 1.54) is 0 Å². The standard InChI is InChI=1S/C11H20N4O/c1-2-12-10(9-16)7-14-5-6-15-4-3-13-11(15)8-14/h3-4,10,12,16H,2,5-9H2,1H3. The minimum absolute atomic E-state index is 0.173. The number of hydrogen-bond acceptors (Lipinski definition) is 4. The summed E-state index contributed by atoms with van der Waals surface area (Å²) < 4.78 is 2.19. The van der Waals surface area contributed by atoms with Gasteiger partial charge >= 0.3 is 0 Å². The molecule has 0 aliphatic carbocycles. The number of rotatable bonds is 5. The van der Waals surface area contributed by atoms with E-state index in [-0.39, 0.29) is 12.6 Å². The Labute approximate surface area is 96.1 Å². The summed E-state index contributed by atoms with van der Waals surface area (Å²) in [7, 11) is 0. The first kappa shape index (κ1) is 11.6. The van der Waals surface area contributed by atoms with Crippen LogP contribution in [0, 0.1) is 0 Å². The molecule has 1 atom stereocenters. The van der Waals surface area contributed by atoms with Gasteiger partial charge in [-0.05, 0) is 6.54 Å². The molecule has 90 valence electrons. The van der Waals surface area contributed by atoms with Crippen LogP contribution in [-0.2, 0) is 13.1 Å². The first-order valence-corrected chi connectivity index (χ1v) is 5.90. The van der Waals surface area contributed by atoms with Crippen molar-refractivity contribution in [2.45, 2.75) is 26.1 Å². The van der Waals surface area contributed by atoms with Crippen LogP contribution in [-0.4, -0.2) is 51.8 Å². The summed E-state index contributed by atoms with van der Waals surface area (Å²) in [5.74, 6) is 1.12. The lowest BCUT2D eigenvalue weighted by atomic mass is 10.2. The molecular weight excluding hydrogens is 204 g/mol. The van der Waals surface area contributed by atoms with Crippen LogP contribution in [0.2, 0.25) is 0 Å². The smallest absolute Gasteiger partial charge is 0.122 e. The molecule has 0 aromatic carbocycles. The lowest BCUT2D eigenvalue weighted by Gasteiger charge is -2.30. The molecule has 1 aliphatic heterocycles. The van der Waals surface area contributed by atoms with Crippen molar-refractivity contribution >= 4 is 0 Å². The van der Waals surface area contributed by atoms with Gasteiger partial charge in [0.25, 0.3) is 0 Å². The Hall–Kier alpha value is -0.910. The first-order chi connectivity index (χ1) is 7.83. The third-order valence-corrected chi connectivity index (χ3v) is 3.02. The van der Waals surface area contributed by atoms with Gasteiger partial charge in [-0.25, -0.2) is 4.98 Å². The second-order valence-electron chi connectivity index (χ2n) is 4.21. The molecule has 5 heteroatoms. The van der Waals surface area contributed by atoms with Crippen LogP contribution in [0.1, 0.15) is 12.7 Å². The Morgan fingerprint density at radius 2 is 2.44 bits per heavy atom. The first-order valence-electron chi connectivity index (χ1n) is 5.90. The van der Waals surface area contributed by atoms with Gasteiger partial charge in [-0.1, -0.05) is 6.92 Å². The van der Waals surface area contributed by atoms with Crippen molar-refractivity contribution in [3.63, 3.8) is 0 Å². The van der Waals surface area contributed by atoms with Crippen LogP contribution < -0.4 is 5.32 Å². The Bertz CT molecular complexity index is 326. The summed E-state index contributed by atoms with van der Waals surface area (Å²) in [4.78, 5) is 6.66. The number of aliphatic hydroxyl groups is 1. The van der Waals surface area contributed by atoms with E-state index < -0.39 is 0 Å². The van der Waals surface area contributed by atoms with Crippen LogP contribution in [0.4, 0.5) is 0 Å². The minimum Gasteiger partial charge on any atom is -0.395 e. The molecule has 0 saturated heterocycles. The molecule has 5 nitrogen and oxygen atoms in total. The van der Waals surface area contributed by atoms with Gasteiger partial charge in [-0.15, -0.1) is 0 Å². The molecule has 1 unspecified atom stereocenters. The summed E-state index contributed by atoms with van der Waals surface area (Å²) in [5, 5.41) is 12.5. The van der Waals surface area contributed by atoms with Gasteiger partial charge in [-0.2, -0.15) is 0 Å². The third kappa shape index (κ3) is 2.61. The van der Waals surface area contributed by atoms with Crippen LogP contribution in [0.5, 0.6) is 0 Å². The zero-order valence-corrected chi connectivity index (χ0v) is 9.76. The van der Waals surface area contributed by atoms with E-state index >= 15 is 0 Å². The molecule has 0 fully saturated rings. The molecule has 0 bridgehead atoms. The van der Waals surface area contributed by atoms with Gasteiger partial charge in [0, 0.05) is 38.1 Å². The molecule has 2 N–H and O–H groups in total. The van der Waals surface area contributed by atoms with Gasteiger partial charge in [0.2, 0.25) is 0 Å². The molecule has 0 saturated carbocycles. The van der Waals surface area contributed by atoms with Crippen LogP contribution in [0.15, 0.2) is 12.4 Å². The summed E-state index contributed by atoms with van der Waals surface area (Å²) in [5.41, 5.74) is 0. The molecule has 1 aliphatic rings. The van der Waals surface area contributed by atoms with Crippen molar-refractivity contribution < 1.29 is 5.11 Å². The summed E-state index contributed by atoms with van der Waals surface area (Å²) in [6.45, 7) is 6.95. The van der Waals surface area contributed by atoms with Gasteiger partial charge < -0.3 is 15.0 Å². The van der Waals surface area contributed by atoms with Gasteiger partial charge in [-0.3, -0.25) is 4.90 Å². The third-order valence-electron chi connectivity index (χ3n) is 3.02. The predicted molar refractivity (Wildman–Crippen MR) is 62.1 cm³/mol. The number of hydrogen-bond donors (Lipinski definition) is 2. The Morgan fingerprint density at radius 3 is 3.19 bits per heavy atom. The highest BCUT2D eigenvalue weighted by molar-refractivity contribution is 4.95. The SMILES string of the molecule is CCNC(CO)CN1CCn2ccnc2C1. The highest BCUT2D eigenvalue weighted by atomic mass is 16.3. The van der Waals surface area contributed by atoms with Crippen molar-refractivity contribution in [3.8, 4) is 0 Å². The Morgan fingerprint density at radius 1 is 1.56 bits per heavy atom. The molecular formula is C11H20N4O. The number of likely N-dealkylation sites (N-methyl/N-ethyl adjacent to an activating group) is 1. The summed E-state index contributed by atoms with van der Waals surface area (Å²) in [6, 6.07) is 0.173. The predicted octanol–water partition coefficient (Wildman–Crippen LogP) is -0.331. The molecule has 0 radical (unpaired) electrons. The molecule has 0 spiro atoms. The topological polar surface area (TPSA) is 53.3 Å². The maximum Gasteiger partial charge on any atom is 0.122 e. The normalized spacial score (nSPS) is 18.4. The minimum atomic E-state index is 0.173. The second-order valence-corrected chi connectivity index (χ2v) is 4.21. The molecule has 1 aromatic heterocycles. The van der Waals surface area contributed by atoms with E-state index in [0.717, 1.165) is 38.5 Å². The zero-order chi connectivity index (χ0) is 11.4.